The standard InChI is InChI=1S/C28H41N/c1-8-13-22(7)27(16-14-23(10-3)11-4)28-20-25(24(12-5)18-19-29)15-17-26(28)21(6)9-2/h8,10,12,15-22H,1,9,11,13-14,29H2,2-7H3/b19-18-,23-10+,24-12+,27-16+. The monoisotopic (exact) mass is 391 g/mol. The molecule has 1 heteroatoms. The summed E-state index contributed by atoms with van der Waals surface area (Å²) < 4.78 is 0. The highest BCUT2D eigenvalue weighted by Gasteiger charge is 2.18. The summed E-state index contributed by atoms with van der Waals surface area (Å²) in [6.45, 7) is 17.3. The van der Waals surface area contributed by atoms with E-state index in [0.717, 1.165) is 31.3 Å². The van der Waals surface area contributed by atoms with Crippen molar-refractivity contribution in [3.05, 3.63) is 83.6 Å². The van der Waals surface area contributed by atoms with Crippen molar-refractivity contribution in [3.8, 4) is 0 Å². The van der Waals surface area contributed by atoms with Gasteiger partial charge in [0.1, 0.15) is 0 Å². The van der Waals surface area contributed by atoms with Gasteiger partial charge in [0.05, 0.1) is 0 Å². The number of nitrogens with two attached hydrogens (primary N) is 1. The van der Waals surface area contributed by atoms with E-state index in [-0.39, 0.29) is 0 Å². The van der Waals surface area contributed by atoms with E-state index in [1.54, 1.807) is 6.20 Å². The van der Waals surface area contributed by atoms with Crippen molar-refractivity contribution in [3.63, 3.8) is 0 Å². The van der Waals surface area contributed by atoms with E-state index in [1.807, 2.05) is 12.2 Å². The fraction of sp³-hybridized carbons (Fsp3) is 0.429. The lowest BCUT2D eigenvalue weighted by Crippen LogP contribution is -2.05. The minimum absolute atomic E-state index is 0.430. The van der Waals surface area contributed by atoms with Crippen LogP contribution in [0.15, 0.2) is 66.9 Å². The van der Waals surface area contributed by atoms with Crippen LogP contribution < -0.4 is 5.73 Å². The summed E-state index contributed by atoms with van der Waals surface area (Å²) in [5, 5.41) is 0. The van der Waals surface area contributed by atoms with Crippen LogP contribution in [-0.2, 0) is 0 Å². The molecule has 1 aromatic rings. The molecule has 0 aliphatic heterocycles. The molecule has 0 fully saturated rings. The van der Waals surface area contributed by atoms with Crippen LogP contribution in [0.2, 0.25) is 0 Å². The summed E-state index contributed by atoms with van der Waals surface area (Å²) in [7, 11) is 0. The lowest BCUT2D eigenvalue weighted by molar-refractivity contribution is 0.720. The maximum Gasteiger partial charge on any atom is -0.00563 e. The zero-order chi connectivity index (χ0) is 21.8. The lowest BCUT2D eigenvalue weighted by atomic mass is 9.82. The molecule has 1 rings (SSSR count). The highest BCUT2D eigenvalue weighted by molar-refractivity contribution is 5.79. The first-order valence-electron chi connectivity index (χ1n) is 11.1. The van der Waals surface area contributed by atoms with Gasteiger partial charge in [-0.15, -0.1) is 6.58 Å². The fourth-order valence-corrected chi connectivity index (χ4v) is 3.76. The molecule has 2 unspecified atom stereocenters. The minimum Gasteiger partial charge on any atom is -0.405 e. The summed E-state index contributed by atoms with van der Waals surface area (Å²) in [4.78, 5) is 0. The Hall–Kier alpha value is -2.28. The molecule has 0 aliphatic carbocycles. The van der Waals surface area contributed by atoms with Crippen LogP contribution in [-0.4, -0.2) is 0 Å². The van der Waals surface area contributed by atoms with Crippen molar-refractivity contribution in [1.29, 1.82) is 0 Å². The molecular formula is C28H41N. The maximum absolute atomic E-state index is 5.69. The van der Waals surface area contributed by atoms with Crippen molar-refractivity contribution in [2.24, 2.45) is 11.7 Å². The Bertz CT molecular complexity index is 774. The second kappa shape index (κ2) is 13.0. The average molecular weight is 392 g/mol. The first-order chi connectivity index (χ1) is 14.0. The van der Waals surface area contributed by atoms with Crippen LogP contribution in [0.1, 0.15) is 89.8 Å². The predicted molar refractivity (Wildman–Crippen MR) is 133 cm³/mol. The van der Waals surface area contributed by atoms with Gasteiger partial charge in [-0.1, -0.05) is 69.7 Å². The van der Waals surface area contributed by atoms with Crippen molar-refractivity contribution >= 4 is 11.1 Å². The van der Waals surface area contributed by atoms with Gasteiger partial charge in [-0.3, -0.25) is 0 Å². The second-order valence-electron chi connectivity index (χ2n) is 7.80. The number of hydrogen-bond acceptors (Lipinski definition) is 1. The molecule has 1 nitrogen and oxygen atoms in total. The highest BCUT2D eigenvalue weighted by Crippen LogP contribution is 2.36. The van der Waals surface area contributed by atoms with Crippen LogP contribution in [0.5, 0.6) is 0 Å². The molecule has 0 heterocycles. The Morgan fingerprint density at radius 2 is 1.86 bits per heavy atom. The van der Waals surface area contributed by atoms with Gasteiger partial charge in [-0.25, -0.2) is 0 Å². The minimum atomic E-state index is 0.430. The Balaban J connectivity index is 3.68. The molecule has 0 amide bonds. The Labute approximate surface area is 179 Å². The predicted octanol–water partition coefficient (Wildman–Crippen LogP) is 8.42. The van der Waals surface area contributed by atoms with Gasteiger partial charge in [0, 0.05) is 0 Å². The normalized spacial score (nSPS) is 15.6. The van der Waals surface area contributed by atoms with Crippen molar-refractivity contribution < 1.29 is 0 Å². The lowest BCUT2D eigenvalue weighted by Gasteiger charge is -2.23. The van der Waals surface area contributed by atoms with E-state index >= 15 is 0 Å². The quantitative estimate of drug-likeness (QED) is 0.297. The highest BCUT2D eigenvalue weighted by atomic mass is 14.5. The molecule has 2 atom stereocenters. The largest absolute Gasteiger partial charge is 0.405 e. The van der Waals surface area contributed by atoms with Gasteiger partial charge in [-0.2, -0.15) is 0 Å². The van der Waals surface area contributed by atoms with Crippen molar-refractivity contribution in [2.45, 2.75) is 73.1 Å². The third kappa shape index (κ3) is 6.92. The Morgan fingerprint density at radius 1 is 1.14 bits per heavy atom. The molecule has 0 aromatic heterocycles. The summed E-state index contributed by atoms with van der Waals surface area (Å²) >= 11 is 0. The van der Waals surface area contributed by atoms with E-state index in [9.17, 15) is 0 Å². The van der Waals surface area contributed by atoms with Gasteiger partial charge >= 0.3 is 0 Å². The van der Waals surface area contributed by atoms with E-state index < -0.39 is 0 Å². The second-order valence-corrected chi connectivity index (χ2v) is 7.80. The summed E-state index contributed by atoms with van der Waals surface area (Å²) in [5.74, 6) is 0.949. The molecular weight excluding hydrogens is 350 g/mol. The molecule has 2 N–H and O–H groups in total. The van der Waals surface area contributed by atoms with Crippen molar-refractivity contribution in [1.82, 2.24) is 0 Å². The maximum atomic E-state index is 5.69. The zero-order valence-corrected chi connectivity index (χ0v) is 19.5. The topological polar surface area (TPSA) is 26.0 Å². The Kier molecular flexibility index (Phi) is 11.1. The van der Waals surface area contributed by atoms with Crippen LogP contribution >= 0.6 is 0 Å². The number of benzene rings is 1. The average Bonchev–Trinajstić information content (AvgIpc) is 2.74. The molecule has 29 heavy (non-hydrogen) atoms. The molecule has 0 aliphatic rings. The smallest absolute Gasteiger partial charge is 0.00563 e. The molecule has 0 bridgehead atoms. The summed E-state index contributed by atoms with van der Waals surface area (Å²) in [6.07, 6.45) is 16.7. The van der Waals surface area contributed by atoms with Crippen LogP contribution in [0, 0.1) is 5.92 Å². The first-order valence-corrected chi connectivity index (χ1v) is 11.1. The third-order valence-electron chi connectivity index (χ3n) is 5.93. The molecule has 0 radical (unpaired) electrons. The Morgan fingerprint density at radius 3 is 2.38 bits per heavy atom. The summed E-state index contributed by atoms with van der Waals surface area (Å²) in [5.41, 5.74) is 13.8. The van der Waals surface area contributed by atoms with Gasteiger partial charge in [-0.05, 0) is 97.5 Å². The number of allylic oxidation sites excluding steroid dienone is 8. The van der Waals surface area contributed by atoms with Crippen LogP contribution in [0.3, 0.4) is 0 Å². The molecule has 0 saturated heterocycles. The molecule has 1 aromatic carbocycles. The number of hydrogen-bond donors (Lipinski definition) is 1. The zero-order valence-electron chi connectivity index (χ0n) is 19.5. The SMILES string of the molecule is C=CCC(C)/C(=C\C/C(=C/C)CC)c1cc(C(/C=C\N)=C/C)ccc1C(C)CC. The molecule has 158 valence electrons. The van der Waals surface area contributed by atoms with Gasteiger partial charge in [0.25, 0.3) is 0 Å². The van der Waals surface area contributed by atoms with Gasteiger partial charge in [0.2, 0.25) is 0 Å². The fourth-order valence-electron chi connectivity index (χ4n) is 3.76. The van der Waals surface area contributed by atoms with Crippen molar-refractivity contribution in [2.75, 3.05) is 0 Å². The van der Waals surface area contributed by atoms with E-state index in [2.05, 4.69) is 84.5 Å². The van der Waals surface area contributed by atoms with Crippen LogP contribution in [0.25, 0.3) is 11.1 Å². The van der Waals surface area contributed by atoms with Gasteiger partial charge in [0.15, 0.2) is 0 Å². The van der Waals surface area contributed by atoms with Crippen LogP contribution in [0.4, 0.5) is 0 Å². The first kappa shape index (κ1) is 24.8. The van der Waals surface area contributed by atoms with E-state index in [0.29, 0.717) is 11.8 Å². The molecule has 0 saturated carbocycles. The van der Waals surface area contributed by atoms with Gasteiger partial charge < -0.3 is 5.73 Å². The van der Waals surface area contributed by atoms with E-state index in [4.69, 9.17) is 5.73 Å². The summed E-state index contributed by atoms with van der Waals surface area (Å²) in [6, 6.07) is 6.92. The van der Waals surface area contributed by atoms with E-state index in [1.165, 1.54) is 27.8 Å². The molecule has 0 spiro atoms. The third-order valence-corrected chi connectivity index (χ3v) is 5.93. The number of rotatable bonds is 11.